The van der Waals surface area contributed by atoms with Crippen molar-refractivity contribution in [3.05, 3.63) is 29.3 Å². The van der Waals surface area contributed by atoms with E-state index in [0.29, 0.717) is 37.0 Å². The Morgan fingerprint density at radius 2 is 1.80 bits per heavy atom. The van der Waals surface area contributed by atoms with E-state index in [9.17, 15) is 9.59 Å². The number of amides is 2. The summed E-state index contributed by atoms with van der Waals surface area (Å²) < 4.78 is 5.18. The smallest absolute Gasteiger partial charge is 0.224 e. The third-order valence-corrected chi connectivity index (χ3v) is 3.31. The molecule has 0 saturated carbocycles. The summed E-state index contributed by atoms with van der Waals surface area (Å²) >= 11 is 5.76. The van der Waals surface area contributed by atoms with Crippen LogP contribution in [0, 0.1) is 0 Å². The van der Waals surface area contributed by atoms with Gasteiger partial charge in [-0.3, -0.25) is 9.59 Å². The van der Waals surface area contributed by atoms with Crippen molar-refractivity contribution in [2.24, 2.45) is 0 Å². The van der Waals surface area contributed by atoms with E-state index >= 15 is 0 Å². The first-order valence-corrected chi connectivity index (χ1v) is 6.94. The number of morpholine rings is 1. The number of carbonyl (C=O) groups is 2. The molecule has 0 spiro atoms. The summed E-state index contributed by atoms with van der Waals surface area (Å²) in [6.45, 7) is 2.36. The predicted octanol–water partition coefficient (Wildman–Crippen LogP) is 1.92. The third-order valence-electron chi connectivity index (χ3n) is 3.06. The first-order chi connectivity index (χ1) is 9.65. The Kier molecular flexibility index (Phi) is 5.38. The molecule has 2 amide bonds. The maximum absolute atomic E-state index is 11.9. The van der Waals surface area contributed by atoms with Gasteiger partial charge in [-0.05, 0) is 24.3 Å². The van der Waals surface area contributed by atoms with E-state index in [0.717, 1.165) is 0 Å². The number of anilines is 1. The lowest BCUT2D eigenvalue weighted by molar-refractivity contribution is -0.136. The second kappa shape index (κ2) is 7.26. The van der Waals surface area contributed by atoms with E-state index in [4.69, 9.17) is 16.3 Å². The molecule has 1 aromatic carbocycles. The van der Waals surface area contributed by atoms with Crippen molar-refractivity contribution in [2.75, 3.05) is 31.6 Å². The molecule has 20 heavy (non-hydrogen) atoms. The van der Waals surface area contributed by atoms with Crippen LogP contribution in [-0.2, 0) is 14.3 Å². The van der Waals surface area contributed by atoms with Crippen molar-refractivity contribution in [3.63, 3.8) is 0 Å². The summed E-state index contributed by atoms with van der Waals surface area (Å²) in [5.74, 6) is -0.173. The highest BCUT2D eigenvalue weighted by atomic mass is 35.5. The normalized spacial score (nSPS) is 14.9. The molecule has 1 saturated heterocycles. The molecular formula is C14H17ClN2O3. The van der Waals surface area contributed by atoms with Gasteiger partial charge in [0.1, 0.15) is 0 Å². The van der Waals surface area contributed by atoms with E-state index in [2.05, 4.69) is 5.32 Å². The topological polar surface area (TPSA) is 58.6 Å². The van der Waals surface area contributed by atoms with Gasteiger partial charge in [0.05, 0.1) is 13.2 Å². The van der Waals surface area contributed by atoms with Crippen LogP contribution in [0.4, 0.5) is 5.69 Å². The van der Waals surface area contributed by atoms with Crippen LogP contribution in [0.15, 0.2) is 24.3 Å². The van der Waals surface area contributed by atoms with Gasteiger partial charge < -0.3 is 15.0 Å². The molecule has 1 aliphatic rings. The van der Waals surface area contributed by atoms with E-state index < -0.39 is 0 Å². The lowest BCUT2D eigenvalue weighted by Crippen LogP contribution is -2.40. The molecule has 0 radical (unpaired) electrons. The summed E-state index contributed by atoms with van der Waals surface area (Å²) in [5, 5.41) is 3.35. The summed E-state index contributed by atoms with van der Waals surface area (Å²) in [4.78, 5) is 25.4. The quantitative estimate of drug-likeness (QED) is 0.923. The van der Waals surface area contributed by atoms with Crippen molar-refractivity contribution in [2.45, 2.75) is 12.8 Å². The van der Waals surface area contributed by atoms with Gasteiger partial charge in [-0.15, -0.1) is 0 Å². The SMILES string of the molecule is O=C(CCC(=O)N1CCOCC1)Nc1ccc(Cl)cc1. The lowest BCUT2D eigenvalue weighted by atomic mass is 10.2. The standard InChI is InChI=1S/C14H17ClN2O3/c15-11-1-3-12(4-2-11)16-13(18)5-6-14(19)17-7-9-20-10-8-17/h1-4H,5-10H2,(H,16,18). The first-order valence-electron chi connectivity index (χ1n) is 6.56. The Labute approximate surface area is 122 Å². The number of nitrogens with zero attached hydrogens (tertiary/aromatic N) is 1. The van der Waals surface area contributed by atoms with Crippen molar-refractivity contribution in [3.8, 4) is 0 Å². The van der Waals surface area contributed by atoms with E-state index in [1.807, 2.05) is 0 Å². The first kappa shape index (κ1) is 14.8. The Morgan fingerprint density at radius 1 is 1.15 bits per heavy atom. The molecule has 1 aliphatic heterocycles. The van der Waals surface area contributed by atoms with Crippen LogP contribution in [0.1, 0.15) is 12.8 Å². The number of halogens is 1. The van der Waals surface area contributed by atoms with E-state index in [1.165, 1.54) is 0 Å². The molecule has 0 aliphatic carbocycles. The Hall–Kier alpha value is -1.59. The van der Waals surface area contributed by atoms with Crippen molar-refractivity contribution >= 4 is 29.1 Å². The third kappa shape index (κ3) is 4.51. The minimum Gasteiger partial charge on any atom is -0.378 e. The second-order valence-electron chi connectivity index (χ2n) is 4.55. The van der Waals surface area contributed by atoms with Crippen molar-refractivity contribution in [1.82, 2.24) is 4.90 Å². The van der Waals surface area contributed by atoms with Gasteiger partial charge in [0.2, 0.25) is 11.8 Å². The van der Waals surface area contributed by atoms with Gasteiger partial charge in [-0.25, -0.2) is 0 Å². The van der Waals surface area contributed by atoms with Crippen LogP contribution < -0.4 is 5.32 Å². The molecule has 1 heterocycles. The summed E-state index contributed by atoms with van der Waals surface area (Å²) in [7, 11) is 0. The van der Waals surface area contributed by atoms with Crippen molar-refractivity contribution < 1.29 is 14.3 Å². The summed E-state index contributed by atoms with van der Waals surface area (Å²) in [6, 6.07) is 6.86. The van der Waals surface area contributed by atoms with Gasteiger partial charge in [-0.1, -0.05) is 11.6 Å². The number of carbonyl (C=O) groups excluding carboxylic acids is 2. The number of nitrogens with one attached hydrogen (secondary N) is 1. The molecule has 6 heteroatoms. The Morgan fingerprint density at radius 3 is 2.45 bits per heavy atom. The predicted molar refractivity (Wildman–Crippen MR) is 76.7 cm³/mol. The summed E-state index contributed by atoms with van der Waals surface area (Å²) in [6.07, 6.45) is 0.401. The molecule has 0 bridgehead atoms. The van der Waals surface area contributed by atoms with Gasteiger partial charge in [0, 0.05) is 36.6 Å². The fraction of sp³-hybridized carbons (Fsp3) is 0.429. The largest absolute Gasteiger partial charge is 0.378 e. The number of benzene rings is 1. The maximum atomic E-state index is 11.9. The molecule has 1 N–H and O–H groups in total. The van der Waals surface area contributed by atoms with Crippen LogP contribution in [0.25, 0.3) is 0 Å². The van der Waals surface area contributed by atoms with Gasteiger partial charge in [-0.2, -0.15) is 0 Å². The highest BCUT2D eigenvalue weighted by molar-refractivity contribution is 6.30. The van der Waals surface area contributed by atoms with Crippen LogP contribution in [0.5, 0.6) is 0 Å². The lowest BCUT2D eigenvalue weighted by Gasteiger charge is -2.26. The van der Waals surface area contributed by atoms with Crippen LogP contribution in [-0.4, -0.2) is 43.0 Å². The minimum absolute atomic E-state index is 0.000411. The number of rotatable bonds is 4. The Bertz CT molecular complexity index is 470. The number of ether oxygens (including phenoxy) is 1. The molecule has 1 fully saturated rings. The molecule has 0 atom stereocenters. The molecular weight excluding hydrogens is 280 g/mol. The van der Waals surface area contributed by atoms with Crippen LogP contribution in [0.2, 0.25) is 5.02 Å². The molecule has 0 aromatic heterocycles. The maximum Gasteiger partial charge on any atom is 0.224 e. The van der Waals surface area contributed by atoms with Crippen molar-refractivity contribution in [1.29, 1.82) is 0 Å². The minimum atomic E-state index is -0.172. The average molecular weight is 297 g/mol. The zero-order chi connectivity index (χ0) is 14.4. The molecule has 0 unspecified atom stereocenters. The second-order valence-corrected chi connectivity index (χ2v) is 4.98. The van der Waals surface area contributed by atoms with Crippen LogP contribution in [0.3, 0.4) is 0 Å². The molecule has 1 aromatic rings. The molecule has 2 rings (SSSR count). The van der Waals surface area contributed by atoms with Gasteiger partial charge in [0.25, 0.3) is 0 Å². The zero-order valence-corrected chi connectivity index (χ0v) is 11.9. The van der Waals surface area contributed by atoms with E-state index in [1.54, 1.807) is 29.2 Å². The highest BCUT2D eigenvalue weighted by Gasteiger charge is 2.17. The monoisotopic (exact) mass is 296 g/mol. The number of hydrogen-bond donors (Lipinski definition) is 1. The highest BCUT2D eigenvalue weighted by Crippen LogP contribution is 2.14. The Balaban J connectivity index is 1.74. The van der Waals surface area contributed by atoms with Crippen LogP contribution >= 0.6 is 11.6 Å². The van der Waals surface area contributed by atoms with Gasteiger partial charge in [0.15, 0.2) is 0 Å². The molecule has 5 nitrogen and oxygen atoms in total. The fourth-order valence-electron chi connectivity index (χ4n) is 1.95. The zero-order valence-electron chi connectivity index (χ0n) is 11.1. The number of hydrogen-bond acceptors (Lipinski definition) is 3. The average Bonchev–Trinajstić information content (AvgIpc) is 2.48. The van der Waals surface area contributed by atoms with Gasteiger partial charge >= 0.3 is 0 Å². The fourth-order valence-corrected chi connectivity index (χ4v) is 2.07. The van der Waals surface area contributed by atoms with E-state index in [-0.39, 0.29) is 24.7 Å². The summed E-state index contributed by atoms with van der Waals surface area (Å²) in [5.41, 5.74) is 0.679. The molecule has 108 valence electrons.